The van der Waals surface area contributed by atoms with Crippen molar-refractivity contribution in [2.75, 3.05) is 5.32 Å². The van der Waals surface area contributed by atoms with Crippen LogP contribution in [0.2, 0.25) is 15.1 Å². The van der Waals surface area contributed by atoms with E-state index >= 15 is 0 Å². The highest BCUT2D eigenvalue weighted by atomic mass is 35.5. The number of hydrogen-bond donors (Lipinski definition) is 1. The molecule has 0 heterocycles. The molecule has 94 valence electrons. The second-order valence-electron chi connectivity index (χ2n) is 4.37. The van der Waals surface area contributed by atoms with E-state index in [1.165, 1.54) is 12.1 Å². The minimum absolute atomic E-state index is 0.258. The third-order valence-electron chi connectivity index (χ3n) is 1.63. The summed E-state index contributed by atoms with van der Waals surface area (Å²) in [5.41, 5.74) is -0.304. The van der Waals surface area contributed by atoms with Crippen LogP contribution in [0.5, 0.6) is 0 Å². The molecule has 0 unspecified atom stereocenters. The molecule has 0 aromatic heterocycles. The van der Waals surface area contributed by atoms with Gasteiger partial charge in [0.15, 0.2) is 0 Å². The Morgan fingerprint density at radius 1 is 1.18 bits per heavy atom. The minimum atomic E-state index is -0.622. The molecule has 1 rings (SSSR count). The van der Waals surface area contributed by atoms with Gasteiger partial charge < -0.3 is 4.74 Å². The lowest BCUT2D eigenvalue weighted by Crippen LogP contribution is -2.27. The average molecular weight is 297 g/mol. The Morgan fingerprint density at radius 3 is 2.06 bits per heavy atom. The molecule has 0 aliphatic rings. The van der Waals surface area contributed by atoms with Gasteiger partial charge in [0.1, 0.15) is 5.60 Å². The zero-order valence-electron chi connectivity index (χ0n) is 9.61. The smallest absolute Gasteiger partial charge is 0.412 e. The minimum Gasteiger partial charge on any atom is -0.444 e. The third kappa shape index (κ3) is 4.62. The van der Waals surface area contributed by atoms with Gasteiger partial charge in [-0.3, -0.25) is 5.32 Å². The van der Waals surface area contributed by atoms with Gasteiger partial charge in [0.05, 0.1) is 15.7 Å². The molecule has 0 aliphatic heterocycles. The van der Waals surface area contributed by atoms with E-state index in [0.29, 0.717) is 5.02 Å². The van der Waals surface area contributed by atoms with Crippen molar-refractivity contribution >= 4 is 46.6 Å². The van der Waals surface area contributed by atoms with Crippen molar-refractivity contribution < 1.29 is 9.53 Å². The highest BCUT2D eigenvalue weighted by Crippen LogP contribution is 2.33. The molecule has 1 aromatic rings. The van der Waals surface area contributed by atoms with Crippen molar-refractivity contribution in [3.05, 3.63) is 27.2 Å². The maximum atomic E-state index is 11.5. The van der Waals surface area contributed by atoms with Crippen molar-refractivity contribution in [2.45, 2.75) is 26.4 Å². The van der Waals surface area contributed by atoms with E-state index in [0.717, 1.165) is 0 Å². The second-order valence-corrected chi connectivity index (χ2v) is 5.62. The van der Waals surface area contributed by atoms with Crippen LogP contribution >= 0.6 is 34.8 Å². The Kier molecular flexibility index (Phi) is 4.53. The maximum Gasteiger partial charge on any atom is 0.412 e. The fourth-order valence-electron chi connectivity index (χ4n) is 1.07. The molecular formula is C11H12Cl3NO2. The number of benzene rings is 1. The number of rotatable bonds is 1. The lowest BCUT2D eigenvalue weighted by molar-refractivity contribution is 0.0636. The van der Waals surface area contributed by atoms with Gasteiger partial charge in [-0.05, 0) is 32.9 Å². The van der Waals surface area contributed by atoms with Crippen molar-refractivity contribution in [3.8, 4) is 0 Å². The van der Waals surface area contributed by atoms with E-state index < -0.39 is 11.7 Å². The molecule has 0 aliphatic carbocycles. The molecule has 0 radical (unpaired) electrons. The van der Waals surface area contributed by atoms with Crippen LogP contribution in [0.3, 0.4) is 0 Å². The summed E-state index contributed by atoms with van der Waals surface area (Å²) in [5, 5.41) is 3.39. The second kappa shape index (κ2) is 5.34. The van der Waals surface area contributed by atoms with Crippen LogP contribution in [-0.2, 0) is 4.74 Å². The standard InChI is InChI=1S/C11H12Cl3NO2/c1-11(2,3)17-10(16)15-9-7(13)4-6(12)5-8(9)14/h4-5H,1-3H3,(H,15,16). The zero-order chi connectivity index (χ0) is 13.2. The van der Waals surface area contributed by atoms with Gasteiger partial charge in [-0.2, -0.15) is 0 Å². The van der Waals surface area contributed by atoms with Crippen molar-refractivity contribution in [1.82, 2.24) is 0 Å². The van der Waals surface area contributed by atoms with Crippen molar-refractivity contribution in [3.63, 3.8) is 0 Å². The molecule has 0 fully saturated rings. The molecule has 0 bridgehead atoms. The first kappa shape index (κ1) is 14.4. The molecule has 1 N–H and O–H groups in total. The van der Waals surface area contributed by atoms with Gasteiger partial charge in [-0.15, -0.1) is 0 Å². The van der Waals surface area contributed by atoms with E-state index in [-0.39, 0.29) is 15.7 Å². The highest BCUT2D eigenvalue weighted by molar-refractivity contribution is 6.42. The number of ether oxygens (including phenoxy) is 1. The van der Waals surface area contributed by atoms with Crippen LogP contribution in [-0.4, -0.2) is 11.7 Å². The Bertz CT molecular complexity index is 418. The van der Waals surface area contributed by atoms with Gasteiger partial charge in [-0.1, -0.05) is 34.8 Å². The molecule has 0 saturated carbocycles. The quantitative estimate of drug-likeness (QED) is 0.792. The van der Waals surface area contributed by atoms with Crippen LogP contribution < -0.4 is 5.32 Å². The van der Waals surface area contributed by atoms with Crippen molar-refractivity contribution in [1.29, 1.82) is 0 Å². The number of carbonyl (C=O) groups is 1. The van der Waals surface area contributed by atoms with E-state index in [1.807, 2.05) is 0 Å². The summed E-state index contributed by atoms with van der Waals surface area (Å²) in [7, 11) is 0. The first-order valence-electron chi connectivity index (χ1n) is 4.83. The van der Waals surface area contributed by atoms with Crippen LogP contribution in [0, 0.1) is 0 Å². The number of amides is 1. The molecular weight excluding hydrogens is 284 g/mol. The normalized spacial score (nSPS) is 11.2. The number of carbonyl (C=O) groups excluding carboxylic acids is 1. The first-order chi connectivity index (χ1) is 7.69. The van der Waals surface area contributed by atoms with E-state index in [2.05, 4.69) is 5.32 Å². The van der Waals surface area contributed by atoms with E-state index in [1.54, 1.807) is 20.8 Å². The summed E-state index contributed by atoms with van der Waals surface area (Å²) in [6, 6.07) is 2.98. The third-order valence-corrected chi connectivity index (χ3v) is 2.45. The van der Waals surface area contributed by atoms with Crippen molar-refractivity contribution in [2.24, 2.45) is 0 Å². The number of halogens is 3. The lowest BCUT2D eigenvalue weighted by atomic mass is 10.2. The summed E-state index contributed by atoms with van der Waals surface area (Å²) in [6.07, 6.45) is -0.622. The maximum absolute atomic E-state index is 11.5. The molecule has 0 saturated heterocycles. The summed E-state index contributed by atoms with van der Waals surface area (Å²) in [6.45, 7) is 5.28. The van der Waals surface area contributed by atoms with Gasteiger partial charge in [0.2, 0.25) is 0 Å². The van der Waals surface area contributed by atoms with Crippen LogP contribution in [0.15, 0.2) is 12.1 Å². The predicted molar refractivity (Wildman–Crippen MR) is 71.3 cm³/mol. The van der Waals surface area contributed by atoms with E-state index in [4.69, 9.17) is 39.5 Å². The zero-order valence-corrected chi connectivity index (χ0v) is 11.9. The molecule has 17 heavy (non-hydrogen) atoms. The SMILES string of the molecule is CC(C)(C)OC(=O)Nc1c(Cl)cc(Cl)cc1Cl. The molecule has 3 nitrogen and oxygen atoms in total. The average Bonchev–Trinajstić information content (AvgIpc) is 2.08. The summed E-state index contributed by atoms with van der Waals surface area (Å²) in [4.78, 5) is 11.5. The molecule has 1 aromatic carbocycles. The number of nitrogens with one attached hydrogen (secondary N) is 1. The van der Waals surface area contributed by atoms with Crippen LogP contribution in [0.4, 0.5) is 10.5 Å². The van der Waals surface area contributed by atoms with Gasteiger partial charge in [0, 0.05) is 5.02 Å². The fourth-order valence-corrected chi connectivity index (χ4v) is 1.98. The molecule has 0 atom stereocenters. The Morgan fingerprint density at radius 2 is 1.65 bits per heavy atom. The number of anilines is 1. The molecule has 0 spiro atoms. The molecule has 6 heteroatoms. The van der Waals surface area contributed by atoms with Gasteiger partial charge >= 0.3 is 6.09 Å². The summed E-state index contributed by atoms with van der Waals surface area (Å²) >= 11 is 17.6. The van der Waals surface area contributed by atoms with Crippen LogP contribution in [0.25, 0.3) is 0 Å². The monoisotopic (exact) mass is 295 g/mol. The summed E-state index contributed by atoms with van der Waals surface area (Å²) < 4.78 is 5.08. The Labute approximate surface area is 115 Å². The van der Waals surface area contributed by atoms with Crippen LogP contribution in [0.1, 0.15) is 20.8 Å². The van der Waals surface area contributed by atoms with Gasteiger partial charge in [0.25, 0.3) is 0 Å². The molecule has 1 amide bonds. The highest BCUT2D eigenvalue weighted by Gasteiger charge is 2.18. The summed E-state index contributed by atoms with van der Waals surface area (Å²) in [5.74, 6) is 0. The Hall–Kier alpha value is -0.640. The first-order valence-corrected chi connectivity index (χ1v) is 5.97. The number of hydrogen-bond acceptors (Lipinski definition) is 2. The van der Waals surface area contributed by atoms with Gasteiger partial charge in [-0.25, -0.2) is 4.79 Å². The Balaban J connectivity index is 2.86. The van der Waals surface area contributed by atoms with E-state index in [9.17, 15) is 4.79 Å². The lowest BCUT2D eigenvalue weighted by Gasteiger charge is -2.20. The largest absolute Gasteiger partial charge is 0.444 e. The predicted octanol–water partition coefficient (Wildman–Crippen LogP) is 4.99. The fraction of sp³-hybridized carbons (Fsp3) is 0.364. The topological polar surface area (TPSA) is 38.3 Å².